The van der Waals surface area contributed by atoms with Gasteiger partial charge in [-0.1, -0.05) is 12.1 Å². The molecule has 2 aromatic rings. The maximum atomic E-state index is 12.1. The van der Waals surface area contributed by atoms with Crippen molar-refractivity contribution in [3.8, 4) is 0 Å². The highest BCUT2D eigenvalue weighted by Gasteiger charge is 2.13. The van der Waals surface area contributed by atoms with E-state index in [1.54, 1.807) is 0 Å². The summed E-state index contributed by atoms with van der Waals surface area (Å²) in [5, 5.41) is 5.80. The number of rotatable bonds is 6. The van der Waals surface area contributed by atoms with Crippen molar-refractivity contribution in [1.82, 2.24) is 20.6 Å². The van der Waals surface area contributed by atoms with Crippen LogP contribution < -0.4 is 20.4 Å². The zero-order chi connectivity index (χ0) is 20.6. The van der Waals surface area contributed by atoms with E-state index in [0.717, 1.165) is 48.9 Å². The second-order valence-corrected chi connectivity index (χ2v) is 8.18. The van der Waals surface area contributed by atoms with Gasteiger partial charge in [0, 0.05) is 51.7 Å². The molecule has 2 N–H and O–H groups in total. The Morgan fingerprint density at radius 3 is 1.50 bits per heavy atom. The predicted octanol–water partition coefficient (Wildman–Crippen LogP) is 3.46. The highest BCUT2D eigenvalue weighted by molar-refractivity contribution is 5.73. The number of urea groups is 1. The van der Waals surface area contributed by atoms with Crippen molar-refractivity contribution in [3.63, 3.8) is 0 Å². The lowest BCUT2D eigenvalue weighted by molar-refractivity contribution is 0.240. The Labute approximate surface area is 178 Å². The maximum Gasteiger partial charge on any atom is 0.315 e. The van der Waals surface area contributed by atoms with Gasteiger partial charge in [0.25, 0.3) is 0 Å². The molecule has 0 radical (unpaired) electrons. The van der Waals surface area contributed by atoms with Gasteiger partial charge in [0.05, 0.1) is 0 Å². The summed E-state index contributed by atoms with van der Waals surface area (Å²) >= 11 is 0. The molecule has 160 valence electrons. The number of pyridine rings is 2. The molecule has 7 nitrogen and oxygen atoms in total. The monoisotopic (exact) mass is 408 g/mol. The molecule has 2 aliphatic rings. The van der Waals surface area contributed by atoms with Crippen LogP contribution in [0.25, 0.3) is 0 Å². The van der Waals surface area contributed by atoms with Crippen molar-refractivity contribution in [2.75, 3.05) is 36.0 Å². The summed E-state index contributed by atoms with van der Waals surface area (Å²) < 4.78 is 0. The van der Waals surface area contributed by atoms with Crippen molar-refractivity contribution in [2.45, 2.75) is 51.6 Å². The number of carbonyl (C=O) groups excluding carboxylic acids is 1. The third-order valence-electron chi connectivity index (χ3n) is 5.88. The standard InChI is InChI=1S/C23H32N6O/c30-23(26-17-19-7-9-21(24-15-19)28-11-3-1-4-12-28)27-18-20-8-10-22(25-16-20)29-13-5-2-6-14-29/h7-10,15-16H,1-6,11-14,17-18H2,(H2,26,27,30). The van der Waals surface area contributed by atoms with Crippen LogP contribution >= 0.6 is 0 Å². The first-order valence-corrected chi connectivity index (χ1v) is 11.2. The number of nitrogens with zero attached hydrogens (tertiary/aromatic N) is 4. The Morgan fingerprint density at radius 2 is 1.13 bits per heavy atom. The van der Waals surface area contributed by atoms with Crippen LogP contribution in [0.4, 0.5) is 16.4 Å². The van der Waals surface area contributed by atoms with Crippen molar-refractivity contribution < 1.29 is 4.79 Å². The Balaban J connectivity index is 1.19. The van der Waals surface area contributed by atoms with E-state index in [1.807, 2.05) is 24.5 Å². The summed E-state index contributed by atoms with van der Waals surface area (Å²) in [5.41, 5.74) is 2.00. The second kappa shape index (κ2) is 10.3. The van der Waals surface area contributed by atoms with E-state index >= 15 is 0 Å². The van der Waals surface area contributed by atoms with Crippen LogP contribution in [0.1, 0.15) is 49.7 Å². The summed E-state index contributed by atoms with van der Waals surface area (Å²) in [6.07, 6.45) is 11.3. The van der Waals surface area contributed by atoms with Crippen molar-refractivity contribution in [2.24, 2.45) is 0 Å². The average Bonchev–Trinajstić information content (AvgIpc) is 2.83. The van der Waals surface area contributed by atoms with Gasteiger partial charge < -0.3 is 20.4 Å². The van der Waals surface area contributed by atoms with Gasteiger partial charge in [0.1, 0.15) is 11.6 Å². The summed E-state index contributed by atoms with van der Waals surface area (Å²) in [7, 11) is 0. The lowest BCUT2D eigenvalue weighted by Crippen LogP contribution is -2.34. The molecule has 30 heavy (non-hydrogen) atoms. The molecule has 4 rings (SSSR count). The van der Waals surface area contributed by atoms with Crippen LogP contribution in [0.15, 0.2) is 36.7 Å². The van der Waals surface area contributed by atoms with Gasteiger partial charge in [-0.15, -0.1) is 0 Å². The Hall–Kier alpha value is -2.83. The van der Waals surface area contributed by atoms with Crippen LogP contribution in [0.3, 0.4) is 0 Å². The molecular formula is C23H32N6O. The largest absolute Gasteiger partial charge is 0.357 e. The number of nitrogens with one attached hydrogen (secondary N) is 2. The van der Waals surface area contributed by atoms with Gasteiger partial charge in [0.2, 0.25) is 0 Å². The third-order valence-corrected chi connectivity index (χ3v) is 5.88. The van der Waals surface area contributed by atoms with Crippen LogP contribution in [-0.2, 0) is 13.1 Å². The Kier molecular flexibility index (Phi) is 7.00. The fourth-order valence-corrected chi connectivity index (χ4v) is 4.09. The van der Waals surface area contributed by atoms with E-state index in [0.29, 0.717) is 13.1 Å². The Bertz CT molecular complexity index is 728. The van der Waals surface area contributed by atoms with Crippen LogP contribution in [0.5, 0.6) is 0 Å². The van der Waals surface area contributed by atoms with E-state index in [2.05, 4.69) is 42.5 Å². The molecule has 0 unspecified atom stereocenters. The lowest BCUT2D eigenvalue weighted by atomic mass is 10.1. The number of carbonyl (C=O) groups is 1. The molecule has 0 aromatic carbocycles. The molecule has 0 bridgehead atoms. The fourth-order valence-electron chi connectivity index (χ4n) is 4.09. The van der Waals surface area contributed by atoms with E-state index in [1.165, 1.54) is 38.5 Å². The molecule has 4 heterocycles. The number of amides is 2. The topological polar surface area (TPSA) is 73.4 Å². The number of hydrogen-bond acceptors (Lipinski definition) is 5. The second-order valence-electron chi connectivity index (χ2n) is 8.18. The number of anilines is 2. The van der Waals surface area contributed by atoms with E-state index in [-0.39, 0.29) is 6.03 Å². The molecule has 0 saturated carbocycles. The summed E-state index contributed by atoms with van der Waals surface area (Å²) in [6, 6.07) is 8.00. The molecular weight excluding hydrogens is 376 g/mol. The SMILES string of the molecule is O=C(NCc1ccc(N2CCCCC2)nc1)NCc1ccc(N2CCCCC2)nc1. The summed E-state index contributed by atoms with van der Waals surface area (Å²) in [5.74, 6) is 2.06. The maximum absolute atomic E-state index is 12.1. The van der Waals surface area contributed by atoms with Gasteiger partial charge in [0.15, 0.2) is 0 Å². The highest BCUT2D eigenvalue weighted by atomic mass is 16.2. The zero-order valence-electron chi connectivity index (χ0n) is 17.6. The molecule has 0 aliphatic carbocycles. The van der Waals surface area contributed by atoms with Gasteiger partial charge in [-0.25, -0.2) is 14.8 Å². The molecule has 2 aromatic heterocycles. The van der Waals surface area contributed by atoms with Crippen LogP contribution in [0, 0.1) is 0 Å². The van der Waals surface area contributed by atoms with E-state index < -0.39 is 0 Å². The van der Waals surface area contributed by atoms with Crippen molar-refractivity contribution in [3.05, 3.63) is 47.8 Å². The number of piperidine rings is 2. The molecule has 0 atom stereocenters. The number of aromatic nitrogens is 2. The first-order valence-electron chi connectivity index (χ1n) is 11.2. The molecule has 2 amide bonds. The normalized spacial score (nSPS) is 16.9. The molecule has 2 aliphatic heterocycles. The van der Waals surface area contributed by atoms with Gasteiger partial charge in [-0.2, -0.15) is 0 Å². The minimum absolute atomic E-state index is 0.185. The van der Waals surface area contributed by atoms with Crippen molar-refractivity contribution >= 4 is 17.7 Å². The minimum atomic E-state index is -0.185. The fraction of sp³-hybridized carbons (Fsp3) is 0.522. The summed E-state index contributed by atoms with van der Waals surface area (Å²) in [6.45, 7) is 5.26. The first-order chi connectivity index (χ1) is 14.8. The van der Waals surface area contributed by atoms with Crippen LogP contribution in [0.2, 0.25) is 0 Å². The van der Waals surface area contributed by atoms with Gasteiger partial charge in [-0.05, 0) is 61.8 Å². The summed E-state index contributed by atoms with van der Waals surface area (Å²) in [4.78, 5) is 25.9. The quantitative estimate of drug-likeness (QED) is 0.766. The first kappa shape index (κ1) is 20.4. The highest BCUT2D eigenvalue weighted by Crippen LogP contribution is 2.18. The van der Waals surface area contributed by atoms with E-state index in [9.17, 15) is 4.79 Å². The van der Waals surface area contributed by atoms with Gasteiger partial charge in [-0.3, -0.25) is 0 Å². The number of hydrogen-bond donors (Lipinski definition) is 2. The molecule has 2 saturated heterocycles. The molecule has 0 spiro atoms. The zero-order valence-corrected chi connectivity index (χ0v) is 17.6. The van der Waals surface area contributed by atoms with Crippen LogP contribution in [-0.4, -0.2) is 42.2 Å². The third kappa shape index (κ3) is 5.62. The van der Waals surface area contributed by atoms with Crippen molar-refractivity contribution in [1.29, 1.82) is 0 Å². The lowest BCUT2D eigenvalue weighted by Gasteiger charge is -2.27. The van der Waals surface area contributed by atoms with Gasteiger partial charge >= 0.3 is 6.03 Å². The average molecular weight is 409 g/mol. The Morgan fingerprint density at radius 1 is 0.700 bits per heavy atom. The molecule has 2 fully saturated rings. The van der Waals surface area contributed by atoms with E-state index in [4.69, 9.17) is 0 Å². The smallest absolute Gasteiger partial charge is 0.315 e. The molecule has 7 heteroatoms. The minimum Gasteiger partial charge on any atom is -0.357 e. The predicted molar refractivity (Wildman–Crippen MR) is 120 cm³/mol.